The molecule has 1 heterocycles. The SMILES string of the molecule is Cc1c(O)cccc1N=Nc1nccs1. The van der Waals surface area contributed by atoms with Crippen molar-refractivity contribution in [3.05, 3.63) is 35.3 Å². The quantitative estimate of drug-likeness (QED) is 0.785. The Labute approximate surface area is 91.0 Å². The van der Waals surface area contributed by atoms with Gasteiger partial charge in [-0.15, -0.1) is 21.6 Å². The van der Waals surface area contributed by atoms with Crippen LogP contribution < -0.4 is 0 Å². The first-order valence-corrected chi connectivity index (χ1v) is 5.25. The number of aromatic hydroxyl groups is 1. The number of hydrogen-bond donors (Lipinski definition) is 1. The van der Waals surface area contributed by atoms with Crippen molar-refractivity contribution in [1.82, 2.24) is 4.98 Å². The molecule has 0 fully saturated rings. The topological polar surface area (TPSA) is 57.8 Å². The van der Waals surface area contributed by atoms with Crippen molar-refractivity contribution in [3.63, 3.8) is 0 Å². The molecule has 0 aliphatic heterocycles. The fourth-order valence-corrected chi connectivity index (χ4v) is 1.54. The molecule has 1 N–H and O–H groups in total. The fraction of sp³-hybridized carbons (Fsp3) is 0.100. The smallest absolute Gasteiger partial charge is 0.229 e. The zero-order valence-electron chi connectivity index (χ0n) is 8.08. The van der Waals surface area contributed by atoms with Gasteiger partial charge in [-0.2, -0.15) is 0 Å². The Bertz CT molecular complexity index is 479. The highest BCUT2D eigenvalue weighted by molar-refractivity contribution is 7.13. The first-order valence-electron chi connectivity index (χ1n) is 4.37. The summed E-state index contributed by atoms with van der Waals surface area (Å²) in [4.78, 5) is 3.98. The highest BCUT2D eigenvalue weighted by Crippen LogP contribution is 2.28. The van der Waals surface area contributed by atoms with Crippen molar-refractivity contribution in [2.45, 2.75) is 6.92 Å². The number of hydrogen-bond acceptors (Lipinski definition) is 5. The van der Waals surface area contributed by atoms with E-state index < -0.39 is 0 Å². The molecule has 76 valence electrons. The predicted molar refractivity (Wildman–Crippen MR) is 59.1 cm³/mol. The van der Waals surface area contributed by atoms with Crippen molar-refractivity contribution >= 4 is 22.2 Å². The van der Waals surface area contributed by atoms with Crippen LogP contribution in [0.1, 0.15) is 5.56 Å². The maximum Gasteiger partial charge on any atom is 0.229 e. The standard InChI is InChI=1S/C10H9N3OS/c1-7-8(3-2-4-9(7)14)12-13-10-11-5-6-15-10/h2-6,14H,1H3. The second kappa shape index (κ2) is 4.18. The van der Waals surface area contributed by atoms with Crippen LogP contribution in [-0.4, -0.2) is 10.1 Å². The van der Waals surface area contributed by atoms with Crippen LogP contribution in [-0.2, 0) is 0 Å². The van der Waals surface area contributed by atoms with Crippen molar-refractivity contribution in [2.24, 2.45) is 10.2 Å². The lowest BCUT2D eigenvalue weighted by Gasteiger charge is -1.99. The van der Waals surface area contributed by atoms with E-state index in [-0.39, 0.29) is 5.75 Å². The minimum atomic E-state index is 0.227. The van der Waals surface area contributed by atoms with E-state index >= 15 is 0 Å². The van der Waals surface area contributed by atoms with Gasteiger partial charge in [0.1, 0.15) is 5.75 Å². The van der Waals surface area contributed by atoms with Crippen LogP contribution in [0, 0.1) is 6.92 Å². The van der Waals surface area contributed by atoms with Crippen molar-refractivity contribution in [2.75, 3.05) is 0 Å². The Morgan fingerprint density at radius 1 is 1.33 bits per heavy atom. The molecule has 0 bridgehead atoms. The zero-order chi connectivity index (χ0) is 10.7. The zero-order valence-corrected chi connectivity index (χ0v) is 8.90. The monoisotopic (exact) mass is 219 g/mol. The molecular weight excluding hydrogens is 210 g/mol. The van der Waals surface area contributed by atoms with E-state index in [9.17, 15) is 5.11 Å². The number of phenols is 1. The summed E-state index contributed by atoms with van der Waals surface area (Å²) in [5, 5.41) is 19.9. The van der Waals surface area contributed by atoms with Gasteiger partial charge in [-0.25, -0.2) is 4.98 Å². The summed E-state index contributed by atoms with van der Waals surface area (Å²) >= 11 is 1.42. The van der Waals surface area contributed by atoms with Crippen LogP contribution in [0.2, 0.25) is 0 Å². The third-order valence-electron chi connectivity index (χ3n) is 1.94. The average molecular weight is 219 g/mol. The van der Waals surface area contributed by atoms with Gasteiger partial charge in [0.15, 0.2) is 0 Å². The average Bonchev–Trinajstić information content (AvgIpc) is 2.73. The second-order valence-corrected chi connectivity index (χ2v) is 3.81. The summed E-state index contributed by atoms with van der Waals surface area (Å²) in [5.74, 6) is 0.227. The molecule has 0 aliphatic carbocycles. The summed E-state index contributed by atoms with van der Waals surface area (Å²) in [6.07, 6.45) is 1.67. The van der Waals surface area contributed by atoms with Crippen LogP contribution in [0.3, 0.4) is 0 Å². The van der Waals surface area contributed by atoms with E-state index in [1.54, 1.807) is 31.3 Å². The van der Waals surface area contributed by atoms with E-state index in [0.717, 1.165) is 5.56 Å². The summed E-state index contributed by atoms with van der Waals surface area (Å²) in [6, 6.07) is 5.16. The molecule has 0 spiro atoms. The molecule has 0 atom stereocenters. The van der Waals surface area contributed by atoms with Gasteiger partial charge in [0.05, 0.1) is 5.69 Å². The number of azo groups is 1. The first kappa shape index (κ1) is 9.79. The highest BCUT2D eigenvalue weighted by Gasteiger charge is 2.01. The Morgan fingerprint density at radius 3 is 2.93 bits per heavy atom. The lowest BCUT2D eigenvalue weighted by molar-refractivity contribution is 0.471. The van der Waals surface area contributed by atoms with Crippen LogP contribution in [0.5, 0.6) is 5.75 Å². The van der Waals surface area contributed by atoms with Crippen LogP contribution in [0.4, 0.5) is 10.8 Å². The summed E-state index contributed by atoms with van der Waals surface area (Å²) < 4.78 is 0. The van der Waals surface area contributed by atoms with E-state index in [1.165, 1.54) is 11.3 Å². The van der Waals surface area contributed by atoms with Crippen molar-refractivity contribution in [1.29, 1.82) is 0 Å². The van der Waals surface area contributed by atoms with Gasteiger partial charge < -0.3 is 5.11 Å². The van der Waals surface area contributed by atoms with E-state index in [2.05, 4.69) is 15.2 Å². The van der Waals surface area contributed by atoms with Gasteiger partial charge in [-0.3, -0.25) is 0 Å². The molecule has 1 aromatic carbocycles. The second-order valence-electron chi connectivity index (χ2n) is 2.94. The molecule has 0 aliphatic rings. The molecule has 0 saturated carbocycles. The third-order valence-corrected chi connectivity index (χ3v) is 2.59. The minimum Gasteiger partial charge on any atom is -0.508 e. The van der Waals surface area contributed by atoms with E-state index in [4.69, 9.17) is 0 Å². The maximum absolute atomic E-state index is 9.44. The number of thiazole rings is 1. The molecule has 15 heavy (non-hydrogen) atoms. The minimum absolute atomic E-state index is 0.227. The summed E-state index contributed by atoms with van der Waals surface area (Å²) in [5.41, 5.74) is 1.38. The summed E-state index contributed by atoms with van der Waals surface area (Å²) in [7, 11) is 0. The van der Waals surface area contributed by atoms with E-state index in [0.29, 0.717) is 10.8 Å². The van der Waals surface area contributed by atoms with Gasteiger partial charge in [-0.1, -0.05) is 6.07 Å². The maximum atomic E-state index is 9.44. The van der Waals surface area contributed by atoms with E-state index in [1.807, 2.05) is 5.38 Å². The molecule has 0 radical (unpaired) electrons. The Kier molecular flexibility index (Phi) is 2.73. The molecular formula is C10H9N3OS. The van der Waals surface area contributed by atoms with Crippen LogP contribution in [0.15, 0.2) is 40.0 Å². The number of phenolic OH excluding ortho intramolecular Hbond substituents is 1. The van der Waals surface area contributed by atoms with Gasteiger partial charge >= 0.3 is 0 Å². The molecule has 4 nitrogen and oxygen atoms in total. The Morgan fingerprint density at radius 2 is 2.20 bits per heavy atom. The van der Waals surface area contributed by atoms with Crippen molar-refractivity contribution in [3.8, 4) is 5.75 Å². The van der Waals surface area contributed by atoms with Gasteiger partial charge in [0.25, 0.3) is 0 Å². The fourth-order valence-electron chi connectivity index (χ4n) is 1.08. The van der Waals surface area contributed by atoms with Gasteiger partial charge in [-0.05, 0) is 19.1 Å². The Balaban J connectivity index is 2.28. The predicted octanol–water partition coefficient (Wildman–Crippen LogP) is 3.57. The lowest BCUT2D eigenvalue weighted by Crippen LogP contribution is -1.74. The highest BCUT2D eigenvalue weighted by atomic mass is 32.1. The molecule has 0 unspecified atom stereocenters. The lowest BCUT2D eigenvalue weighted by atomic mass is 10.2. The first-order chi connectivity index (χ1) is 7.27. The number of rotatable bonds is 2. The number of aromatic nitrogens is 1. The number of nitrogens with zero attached hydrogens (tertiary/aromatic N) is 3. The summed E-state index contributed by atoms with van der Waals surface area (Å²) in [6.45, 7) is 1.80. The van der Waals surface area contributed by atoms with Gasteiger partial charge in [0, 0.05) is 17.1 Å². The van der Waals surface area contributed by atoms with Gasteiger partial charge in [0.2, 0.25) is 5.13 Å². The normalized spacial score (nSPS) is 11.0. The Hall–Kier alpha value is -1.75. The van der Waals surface area contributed by atoms with Crippen molar-refractivity contribution < 1.29 is 5.11 Å². The largest absolute Gasteiger partial charge is 0.508 e. The van der Waals surface area contributed by atoms with Crippen LogP contribution in [0.25, 0.3) is 0 Å². The third kappa shape index (κ3) is 2.19. The molecule has 2 aromatic rings. The van der Waals surface area contributed by atoms with Crippen LogP contribution >= 0.6 is 11.3 Å². The molecule has 5 heteroatoms. The molecule has 1 aromatic heterocycles. The molecule has 0 amide bonds. The molecule has 0 saturated heterocycles. The number of benzene rings is 1. The molecule has 2 rings (SSSR count).